The first-order valence-electron chi connectivity index (χ1n) is 6.11. The predicted octanol–water partition coefficient (Wildman–Crippen LogP) is 3.77. The third-order valence-electron chi connectivity index (χ3n) is 2.37. The van der Waals surface area contributed by atoms with Gasteiger partial charge in [0.15, 0.2) is 6.29 Å². The molecular formula is C15H19O2. The van der Waals surface area contributed by atoms with Crippen LogP contribution < -0.4 is 4.74 Å². The van der Waals surface area contributed by atoms with Crippen molar-refractivity contribution in [3.63, 3.8) is 0 Å². The average Bonchev–Trinajstić information content (AvgIpc) is 2.37. The van der Waals surface area contributed by atoms with Crippen LogP contribution in [0.15, 0.2) is 30.3 Å². The van der Waals surface area contributed by atoms with Gasteiger partial charge in [0.25, 0.3) is 0 Å². The van der Waals surface area contributed by atoms with Gasteiger partial charge in [-0.25, -0.2) is 0 Å². The molecule has 0 amide bonds. The Balaban J connectivity index is 2.38. The molecule has 0 aromatic heterocycles. The monoisotopic (exact) mass is 231 g/mol. The highest BCUT2D eigenvalue weighted by Gasteiger charge is 1.92. The average molecular weight is 231 g/mol. The Morgan fingerprint density at radius 1 is 1.29 bits per heavy atom. The second kappa shape index (κ2) is 8.57. The maximum absolute atomic E-state index is 10.0. The minimum atomic E-state index is 0.467. The maximum atomic E-state index is 10.0. The lowest BCUT2D eigenvalue weighted by molar-refractivity contribution is 0.309. The normalized spacial score (nSPS) is 10.6. The van der Waals surface area contributed by atoms with E-state index >= 15 is 0 Å². The fourth-order valence-corrected chi connectivity index (χ4v) is 1.37. The number of allylic oxidation sites excluding steroid dienone is 1. The minimum absolute atomic E-state index is 0.467. The summed E-state index contributed by atoms with van der Waals surface area (Å²) < 4.78 is 5.57. The van der Waals surface area contributed by atoms with Crippen molar-refractivity contribution in [2.45, 2.75) is 32.6 Å². The molecule has 0 fully saturated rings. The number of hydrogen-bond acceptors (Lipinski definition) is 2. The van der Waals surface area contributed by atoms with Crippen molar-refractivity contribution in [2.75, 3.05) is 6.61 Å². The van der Waals surface area contributed by atoms with Crippen LogP contribution in [0.2, 0.25) is 0 Å². The van der Waals surface area contributed by atoms with Crippen LogP contribution >= 0.6 is 0 Å². The van der Waals surface area contributed by atoms with Crippen LogP contribution in [-0.2, 0) is 4.79 Å². The van der Waals surface area contributed by atoms with E-state index in [9.17, 15) is 4.79 Å². The Morgan fingerprint density at radius 3 is 2.71 bits per heavy atom. The molecule has 0 aliphatic heterocycles. The van der Waals surface area contributed by atoms with E-state index in [1.54, 1.807) is 0 Å². The molecule has 1 radical (unpaired) electrons. The van der Waals surface area contributed by atoms with Gasteiger partial charge in [0.2, 0.25) is 0 Å². The van der Waals surface area contributed by atoms with Crippen molar-refractivity contribution in [1.29, 1.82) is 0 Å². The summed E-state index contributed by atoms with van der Waals surface area (Å²) in [7, 11) is 0. The van der Waals surface area contributed by atoms with Crippen LogP contribution in [0.3, 0.4) is 0 Å². The van der Waals surface area contributed by atoms with E-state index in [1.165, 1.54) is 0 Å². The predicted molar refractivity (Wildman–Crippen MR) is 70.8 cm³/mol. The first kappa shape index (κ1) is 13.5. The van der Waals surface area contributed by atoms with Crippen LogP contribution in [0.5, 0.6) is 5.75 Å². The van der Waals surface area contributed by atoms with Crippen LogP contribution in [0.25, 0.3) is 6.08 Å². The van der Waals surface area contributed by atoms with Gasteiger partial charge in [-0.3, -0.25) is 4.79 Å². The molecule has 0 atom stereocenters. The van der Waals surface area contributed by atoms with Gasteiger partial charge in [-0.2, -0.15) is 0 Å². The van der Waals surface area contributed by atoms with Gasteiger partial charge in [0, 0.05) is 6.42 Å². The van der Waals surface area contributed by atoms with Gasteiger partial charge in [-0.1, -0.05) is 37.6 Å². The largest absolute Gasteiger partial charge is 0.494 e. The standard InChI is InChI=1S/C15H19O2/c1-2-3-13-17-15-10-8-14(9-11-15)7-5-4-6-12-16/h5,7-11H,2-4,6,13H2,1H3/b7-5+. The molecule has 0 bridgehead atoms. The number of hydrogen-bond donors (Lipinski definition) is 0. The Labute approximate surface area is 103 Å². The molecule has 0 N–H and O–H groups in total. The summed E-state index contributed by atoms with van der Waals surface area (Å²) in [5, 5.41) is 0. The quantitative estimate of drug-likeness (QED) is 0.637. The third-order valence-corrected chi connectivity index (χ3v) is 2.37. The van der Waals surface area contributed by atoms with Gasteiger partial charge < -0.3 is 4.74 Å². The van der Waals surface area contributed by atoms with Gasteiger partial charge in [-0.15, -0.1) is 0 Å². The van der Waals surface area contributed by atoms with E-state index < -0.39 is 0 Å². The SMILES string of the molecule is CCCCOc1ccc(/C=C/CC[C]=O)cc1. The van der Waals surface area contributed by atoms with Crippen molar-refractivity contribution >= 4 is 12.4 Å². The van der Waals surface area contributed by atoms with Crippen LogP contribution in [-0.4, -0.2) is 12.9 Å². The summed E-state index contributed by atoms with van der Waals surface area (Å²) in [5.74, 6) is 0.914. The topological polar surface area (TPSA) is 26.3 Å². The maximum Gasteiger partial charge on any atom is 0.198 e. The summed E-state index contributed by atoms with van der Waals surface area (Å²) in [6.07, 6.45) is 9.31. The number of ether oxygens (including phenoxy) is 1. The molecule has 0 heterocycles. The molecule has 0 saturated carbocycles. The summed E-state index contributed by atoms with van der Waals surface area (Å²) in [5.41, 5.74) is 1.12. The first-order chi connectivity index (χ1) is 8.36. The zero-order valence-corrected chi connectivity index (χ0v) is 10.3. The Bertz CT molecular complexity index is 338. The Kier molecular flexibility index (Phi) is 6.80. The molecule has 0 saturated heterocycles. The third kappa shape index (κ3) is 5.91. The molecule has 2 nitrogen and oxygen atoms in total. The highest BCUT2D eigenvalue weighted by molar-refractivity contribution is 5.53. The van der Waals surface area contributed by atoms with Gasteiger partial charge in [0.1, 0.15) is 5.75 Å². The summed E-state index contributed by atoms with van der Waals surface area (Å²) in [6.45, 7) is 2.93. The zero-order valence-electron chi connectivity index (χ0n) is 10.3. The van der Waals surface area contributed by atoms with Crippen LogP contribution in [0.4, 0.5) is 0 Å². The minimum Gasteiger partial charge on any atom is -0.494 e. The van der Waals surface area contributed by atoms with Crippen LogP contribution in [0, 0.1) is 0 Å². The van der Waals surface area contributed by atoms with E-state index in [0.717, 1.165) is 37.2 Å². The van der Waals surface area contributed by atoms with E-state index in [2.05, 4.69) is 6.92 Å². The summed E-state index contributed by atoms with van der Waals surface area (Å²) in [6, 6.07) is 7.98. The van der Waals surface area contributed by atoms with E-state index in [1.807, 2.05) is 42.7 Å². The van der Waals surface area contributed by atoms with Crippen LogP contribution in [0.1, 0.15) is 38.2 Å². The van der Waals surface area contributed by atoms with Crippen molar-refractivity contribution < 1.29 is 9.53 Å². The molecule has 0 aliphatic rings. The Morgan fingerprint density at radius 2 is 2.06 bits per heavy atom. The number of unbranched alkanes of at least 4 members (excludes halogenated alkanes) is 2. The lowest BCUT2D eigenvalue weighted by Gasteiger charge is -2.04. The van der Waals surface area contributed by atoms with Gasteiger partial charge in [0.05, 0.1) is 6.61 Å². The lowest BCUT2D eigenvalue weighted by Crippen LogP contribution is -1.95. The van der Waals surface area contributed by atoms with E-state index in [-0.39, 0.29) is 0 Å². The molecule has 0 aliphatic carbocycles. The first-order valence-corrected chi connectivity index (χ1v) is 6.11. The molecular weight excluding hydrogens is 212 g/mol. The molecule has 0 unspecified atom stereocenters. The summed E-state index contributed by atoms with van der Waals surface area (Å²) >= 11 is 0. The van der Waals surface area contributed by atoms with E-state index in [0.29, 0.717) is 6.42 Å². The molecule has 1 rings (SSSR count). The molecule has 2 heteroatoms. The smallest absolute Gasteiger partial charge is 0.198 e. The summed E-state index contributed by atoms with van der Waals surface area (Å²) in [4.78, 5) is 10.0. The number of benzene rings is 1. The van der Waals surface area contributed by atoms with Crippen molar-refractivity contribution in [2.24, 2.45) is 0 Å². The Hall–Kier alpha value is -1.57. The molecule has 17 heavy (non-hydrogen) atoms. The number of rotatable bonds is 8. The van der Waals surface area contributed by atoms with Crippen molar-refractivity contribution in [3.05, 3.63) is 35.9 Å². The molecule has 1 aromatic carbocycles. The molecule has 0 spiro atoms. The highest BCUT2D eigenvalue weighted by Crippen LogP contribution is 2.13. The van der Waals surface area contributed by atoms with Gasteiger partial charge >= 0.3 is 0 Å². The molecule has 1 aromatic rings. The van der Waals surface area contributed by atoms with E-state index in [4.69, 9.17) is 4.74 Å². The lowest BCUT2D eigenvalue weighted by atomic mass is 10.2. The number of carbonyl (C=O) groups excluding carboxylic acids is 1. The van der Waals surface area contributed by atoms with Gasteiger partial charge in [-0.05, 0) is 30.5 Å². The fourth-order valence-electron chi connectivity index (χ4n) is 1.37. The highest BCUT2D eigenvalue weighted by atomic mass is 16.5. The molecule has 91 valence electrons. The second-order valence-corrected chi connectivity index (χ2v) is 3.86. The fraction of sp³-hybridized carbons (Fsp3) is 0.400. The second-order valence-electron chi connectivity index (χ2n) is 3.86. The van der Waals surface area contributed by atoms with Crippen molar-refractivity contribution in [1.82, 2.24) is 0 Å². The van der Waals surface area contributed by atoms with Crippen molar-refractivity contribution in [3.8, 4) is 5.75 Å². The zero-order chi connectivity index (χ0) is 12.3.